The fourth-order valence-corrected chi connectivity index (χ4v) is 3.06. The van der Waals surface area contributed by atoms with Gasteiger partial charge in [0.15, 0.2) is 0 Å². The normalized spacial score (nSPS) is 19.6. The molecule has 4 nitrogen and oxygen atoms in total. The molecule has 0 aromatic carbocycles. The molecular formula is C14H27NO3. The Kier molecular flexibility index (Phi) is 5.45. The molecule has 1 rings (SSSR count). The van der Waals surface area contributed by atoms with Crippen LogP contribution < -0.4 is 0 Å². The second-order valence-corrected chi connectivity index (χ2v) is 6.40. The first kappa shape index (κ1) is 15.3. The molecule has 0 heterocycles. The smallest absolute Gasteiger partial charge is 0.408 e. The van der Waals surface area contributed by atoms with Gasteiger partial charge in [0.25, 0.3) is 0 Å². The summed E-state index contributed by atoms with van der Waals surface area (Å²) in [6, 6.07) is -0.273. The molecule has 1 aliphatic carbocycles. The standard InChI is InChI=1S/C14H27NO3/c1-14(2,3)15(13(17)18)12(10-16)9-11-7-5-4-6-8-11/h11-12,16H,4-10H2,1-3H3,(H,17,18)/t12-/m1/s1. The fraction of sp³-hybridized carbons (Fsp3) is 0.929. The Labute approximate surface area is 110 Å². The van der Waals surface area contributed by atoms with Gasteiger partial charge in [0.2, 0.25) is 0 Å². The maximum atomic E-state index is 11.4. The summed E-state index contributed by atoms with van der Waals surface area (Å²) in [5.41, 5.74) is -0.464. The molecule has 0 aromatic heterocycles. The molecule has 1 amide bonds. The van der Waals surface area contributed by atoms with Crippen LogP contribution in [-0.2, 0) is 0 Å². The minimum atomic E-state index is -0.933. The van der Waals surface area contributed by atoms with Gasteiger partial charge in [0, 0.05) is 5.54 Å². The molecule has 0 saturated heterocycles. The predicted molar refractivity (Wildman–Crippen MR) is 71.7 cm³/mol. The van der Waals surface area contributed by atoms with Crippen LogP contribution in [0.15, 0.2) is 0 Å². The van der Waals surface area contributed by atoms with Gasteiger partial charge in [0.05, 0.1) is 12.6 Å². The van der Waals surface area contributed by atoms with E-state index in [2.05, 4.69) is 0 Å². The average Bonchev–Trinajstić information content (AvgIpc) is 2.27. The van der Waals surface area contributed by atoms with Gasteiger partial charge in [-0.2, -0.15) is 0 Å². The van der Waals surface area contributed by atoms with E-state index in [0.717, 1.165) is 6.42 Å². The van der Waals surface area contributed by atoms with Crippen molar-refractivity contribution in [3.8, 4) is 0 Å². The molecule has 0 bridgehead atoms. The summed E-state index contributed by atoms with van der Waals surface area (Å²) < 4.78 is 0. The van der Waals surface area contributed by atoms with E-state index in [0.29, 0.717) is 5.92 Å². The van der Waals surface area contributed by atoms with Gasteiger partial charge < -0.3 is 10.2 Å². The fourth-order valence-electron chi connectivity index (χ4n) is 3.06. The van der Waals surface area contributed by atoms with E-state index in [1.54, 1.807) is 0 Å². The van der Waals surface area contributed by atoms with E-state index in [-0.39, 0.29) is 12.6 Å². The van der Waals surface area contributed by atoms with Crippen LogP contribution in [0.5, 0.6) is 0 Å². The summed E-state index contributed by atoms with van der Waals surface area (Å²) in [4.78, 5) is 12.8. The summed E-state index contributed by atoms with van der Waals surface area (Å²) in [5, 5.41) is 18.9. The van der Waals surface area contributed by atoms with Gasteiger partial charge in [-0.05, 0) is 33.1 Å². The van der Waals surface area contributed by atoms with Gasteiger partial charge in [-0.3, -0.25) is 4.90 Å². The van der Waals surface area contributed by atoms with Crippen molar-refractivity contribution < 1.29 is 15.0 Å². The highest BCUT2D eigenvalue weighted by molar-refractivity contribution is 5.66. The zero-order valence-electron chi connectivity index (χ0n) is 11.9. The zero-order valence-corrected chi connectivity index (χ0v) is 11.9. The Bertz CT molecular complexity index is 267. The largest absolute Gasteiger partial charge is 0.465 e. The summed E-state index contributed by atoms with van der Waals surface area (Å²) in [7, 11) is 0. The average molecular weight is 257 g/mol. The van der Waals surface area contributed by atoms with Crippen LogP contribution >= 0.6 is 0 Å². The molecule has 4 heteroatoms. The third kappa shape index (κ3) is 4.16. The van der Waals surface area contributed by atoms with E-state index in [4.69, 9.17) is 0 Å². The Hall–Kier alpha value is -0.770. The van der Waals surface area contributed by atoms with Crippen LogP contribution in [0.25, 0.3) is 0 Å². The Morgan fingerprint density at radius 1 is 1.28 bits per heavy atom. The van der Waals surface area contributed by atoms with Crippen molar-refractivity contribution in [2.24, 2.45) is 5.92 Å². The molecule has 18 heavy (non-hydrogen) atoms. The molecule has 1 fully saturated rings. The minimum absolute atomic E-state index is 0.0833. The summed E-state index contributed by atoms with van der Waals surface area (Å²) in [6.07, 6.45) is 5.98. The van der Waals surface area contributed by atoms with Crippen molar-refractivity contribution >= 4 is 6.09 Å². The Balaban J connectivity index is 2.69. The highest BCUT2D eigenvalue weighted by Gasteiger charge is 2.34. The van der Waals surface area contributed by atoms with E-state index in [9.17, 15) is 15.0 Å². The minimum Gasteiger partial charge on any atom is -0.465 e. The first-order valence-electron chi connectivity index (χ1n) is 6.99. The molecule has 0 unspecified atom stereocenters. The molecular weight excluding hydrogens is 230 g/mol. The third-order valence-corrected chi connectivity index (χ3v) is 3.83. The van der Waals surface area contributed by atoms with E-state index in [1.165, 1.54) is 37.0 Å². The summed E-state index contributed by atoms with van der Waals surface area (Å²) in [5.74, 6) is 0.570. The van der Waals surface area contributed by atoms with Gasteiger partial charge in [0.1, 0.15) is 0 Å². The number of hydrogen-bond donors (Lipinski definition) is 2. The van der Waals surface area contributed by atoms with Gasteiger partial charge >= 0.3 is 6.09 Å². The number of hydrogen-bond acceptors (Lipinski definition) is 2. The van der Waals surface area contributed by atoms with Crippen molar-refractivity contribution in [2.45, 2.75) is 70.9 Å². The summed E-state index contributed by atoms with van der Waals surface area (Å²) in [6.45, 7) is 5.56. The lowest BCUT2D eigenvalue weighted by atomic mass is 9.84. The lowest BCUT2D eigenvalue weighted by Gasteiger charge is -2.40. The highest BCUT2D eigenvalue weighted by Crippen LogP contribution is 2.30. The number of rotatable bonds is 4. The number of amides is 1. The molecule has 106 valence electrons. The maximum Gasteiger partial charge on any atom is 0.408 e. The third-order valence-electron chi connectivity index (χ3n) is 3.83. The monoisotopic (exact) mass is 257 g/mol. The maximum absolute atomic E-state index is 11.4. The first-order chi connectivity index (χ1) is 8.36. The second kappa shape index (κ2) is 6.41. The van der Waals surface area contributed by atoms with Gasteiger partial charge in [-0.15, -0.1) is 0 Å². The van der Waals surface area contributed by atoms with Crippen LogP contribution in [0.2, 0.25) is 0 Å². The number of aliphatic hydroxyl groups excluding tert-OH is 1. The molecule has 1 saturated carbocycles. The van der Waals surface area contributed by atoms with Crippen molar-refractivity contribution in [3.05, 3.63) is 0 Å². The molecule has 0 radical (unpaired) electrons. The second-order valence-electron chi connectivity index (χ2n) is 6.40. The molecule has 1 atom stereocenters. The number of carbonyl (C=O) groups is 1. The van der Waals surface area contributed by atoms with Crippen molar-refractivity contribution in [3.63, 3.8) is 0 Å². The van der Waals surface area contributed by atoms with Crippen LogP contribution in [0, 0.1) is 5.92 Å². The molecule has 1 aliphatic rings. The number of nitrogens with zero attached hydrogens (tertiary/aromatic N) is 1. The topological polar surface area (TPSA) is 60.8 Å². The van der Waals surface area contributed by atoms with Crippen LogP contribution in [0.4, 0.5) is 4.79 Å². The molecule has 2 N–H and O–H groups in total. The first-order valence-corrected chi connectivity index (χ1v) is 6.99. The summed E-state index contributed by atoms with van der Waals surface area (Å²) >= 11 is 0. The van der Waals surface area contributed by atoms with Crippen molar-refractivity contribution in [2.75, 3.05) is 6.61 Å². The zero-order chi connectivity index (χ0) is 13.8. The highest BCUT2D eigenvalue weighted by atomic mass is 16.4. The molecule has 0 aromatic rings. The SMILES string of the molecule is CC(C)(C)N(C(=O)O)[C@@H](CO)CC1CCCCC1. The lowest BCUT2D eigenvalue weighted by Crippen LogP contribution is -2.53. The molecule has 0 spiro atoms. The number of carboxylic acid groups (broad SMARTS) is 1. The van der Waals surface area contributed by atoms with Crippen LogP contribution in [0.3, 0.4) is 0 Å². The predicted octanol–water partition coefficient (Wildman–Crippen LogP) is 3.10. The van der Waals surface area contributed by atoms with Gasteiger partial charge in [-0.25, -0.2) is 4.79 Å². The van der Waals surface area contributed by atoms with Crippen LogP contribution in [0.1, 0.15) is 59.3 Å². The molecule has 0 aliphatic heterocycles. The van der Waals surface area contributed by atoms with Gasteiger partial charge in [-0.1, -0.05) is 32.1 Å². The Morgan fingerprint density at radius 2 is 1.83 bits per heavy atom. The van der Waals surface area contributed by atoms with Crippen molar-refractivity contribution in [1.29, 1.82) is 0 Å². The lowest BCUT2D eigenvalue weighted by molar-refractivity contribution is 0.0341. The van der Waals surface area contributed by atoms with E-state index in [1.807, 2.05) is 20.8 Å². The number of aliphatic hydroxyl groups is 1. The van der Waals surface area contributed by atoms with E-state index >= 15 is 0 Å². The van der Waals surface area contributed by atoms with Crippen LogP contribution in [-0.4, -0.2) is 39.4 Å². The quantitative estimate of drug-likeness (QED) is 0.813. The van der Waals surface area contributed by atoms with E-state index < -0.39 is 11.6 Å². The Morgan fingerprint density at radius 3 is 2.22 bits per heavy atom. The van der Waals surface area contributed by atoms with Crippen molar-refractivity contribution in [1.82, 2.24) is 4.90 Å².